The molecule has 134 heavy (non-hydrogen) atoms. The molecule has 9 heterocycles. The number of carbonyl (C=O) groups is 3. The molecule has 9 aromatic heterocycles. The van der Waals surface area contributed by atoms with Gasteiger partial charge in [-0.05, 0) is 274 Å². The molecule has 4 saturated carbocycles. The minimum Gasteiger partial charge on any atom is -0.390 e. The molecule has 0 saturated heterocycles. The van der Waals surface area contributed by atoms with E-state index in [1.807, 2.05) is 50.2 Å². The standard InChI is InChI=1S/C33H34F2N6O3S.C31H28ClF4N5O2S2.C29H29F4N7O2S2/c1-32(43)17-27(18-32)41(45(3,44)30-11-13-39(2)38-30)26-7-4-22-14-29-21(20-37-40(29)25-8-5-23(34)6-9-25)16-33(22,19-26)31(42)28-15-24(35)10-12-36-28;1-18(2)41(45(3,43)24-10-11-27(32)37-16-24)23-7-4-20-12-25-19(15-39-40(25)22-8-5-21(33)6-9-22)13-30(20,14-23)28(42)29-38-17-26(44-29)31(34,35)36;1-17(2)40(44(4,42)25-16-38(3)37-36-25)22-8-5-19-11-23-18(14-35-39(23)21-9-6-20(30)7-10-21)12-28(19,13-22)26(41)27-34-15-24(43-27)29(31,32)33/h5-6,8-15,20,26-27,43H,3-4,7,16-19H2,1-2H3;5-6,8-12,15-18,23H,3-4,7,13-14H2,1-2H3;6-7,9-11,14-17,22H,4-5,8,12-13H2,1-3H3/t26-,27?,32?,33-,45?;23-,30-,45?;22-,28-,44?/m000/s1. The summed E-state index contributed by atoms with van der Waals surface area (Å²) in [6.45, 7) is 9.29. The average molecular weight is 1960 g/mol. The highest BCUT2D eigenvalue weighted by atomic mass is 35.5. The predicted molar refractivity (Wildman–Crippen MR) is 491 cm³/mol. The van der Waals surface area contributed by atoms with Crippen molar-refractivity contribution >= 4 is 117 Å². The highest BCUT2D eigenvalue weighted by Crippen LogP contribution is 2.57. The van der Waals surface area contributed by atoms with Gasteiger partial charge in [0.25, 0.3) is 0 Å². The van der Waals surface area contributed by atoms with Gasteiger partial charge < -0.3 is 5.11 Å². The number of hydrogen-bond donors (Lipinski definition) is 1. The minimum atomic E-state index is -4.64. The van der Waals surface area contributed by atoms with Crippen molar-refractivity contribution in [1.82, 2.24) is 87.0 Å². The molecule has 19 rings (SSSR count). The molecule has 9 atom stereocenters. The van der Waals surface area contributed by atoms with Crippen molar-refractivity contribution in [3.8, 4) is 17.1 Å². The number of benzene rings is 3. The van der Waals surface area contributed by atoms with Crippen molar-refractivity contribution in [2.75, 3.05) is 0 Å². The van der Waals surface area contributed by atoms with Crippen LogP contribution in [0.25, 0.3) is 35.3 Å². The normalized spacial score (nSPS) is 23.4. The number of aromatic nitrogens is 15. The van der Waals surface area contributed by atoms with Gasteiger partial charge in [0.05, 0.1) is 127 Å². The van der Waals surface area contributed by atoms with E-state index in [0.29, 0.717) is 136 Å². The molecule has 41 heteroatoms. The zero-order chi connectivity index (χ0) is 95.6. The van der Waals surface area contributed by atoms with Crippen LogP contribution in [0.1, 0.15) is 179 Å². The fourth-order valence-electron chi connectivity index (χ4n) is 20.3. The van der Waals surface area contributed by atoms with E-state index >= 15 is 0 Å². The van der Waals surface area contributed by atoms with E-state index in [1.165, 1.54) is 65.6 Å². The van der Waals surface area contributed by atoms with Gasteiger partial charge in [0.15, 0.2) is 25.9 Å². The lowest BCUT2D eigenvalue weighted by Gasteiger charge is -2.53. The summed E-state index contributed by atoms with van der Waals surface area (Å²) >= 11 is 6.63. The maximum absolute atomic E-state index is 14.6. The van der Waals surface area contributed by atoms with Crippen molar-refractivity contribution in [1.29, 1.82) is 0 Å². The van der Waals surface area contributed by atoms with Crippen LogP contribution in [0, 0.1) is 39.5 Å². The third-order valence-corrected chi connectivity index (χ3v) is 35.2. The third-order valence-electron chi connectivity index (χ3n) is 26.2. The van der Waals surface area contributed by atoms with Crippen molar-refractivity contribution in [3.63, 3.8) is 0 Å². The Morgan fingerprint density at radius 2 is 0.933 bits per heavy atom. The first-order chi connectivity index (χ1) is 63.3. The second kappa shape index (κ2) is 35.6. The third kappa shape index (κ3) is 17.8. The van der Waals surface area contributed by atoms with Gasteiger partial charge in [-0.25, -0.2) is 72.1 Å². The van der Waals surface area contributed by atoms with Crippen molar-refractivity contribution in [3.05, 3.63) is 263 Å². The maximum atomic E-state index is 14.6. The number of hydrogen-bond acceptors (Lipinski definition) is 19. The average Bonchev–Trinajstić information content (AvgIpc) is 1.42. The van der Waals surface area contributed by atoms with E-state index in [9.17, 15) is 76.0 Å². The quantitative estimate of drug-likeness (QED) is 0.0303. The molecule has 12 aromatic rings. The van der Waals surface area contributed by atoms with E-state index < -0.39 is 114 Å². The molecule has 0 amide bonds. The zero-order valence-corrected chi connectivity index (χ0v) is 78.2. The van der Waals surface area contributed by atoms with Gasteiger partial charge in [-0.2, -0.15) is 46.7 Å². The van der Waals surface area contributed by atoms with Crippen LogP contribution in [0.3, 0.4) is 0 Å². The van der Waals surface area contributed by atoms with E-state index in [4.69, 9.17) is 11.6 Å². The van der Waals surface area contributed by atoms with Crippen LogP contribution in [0.15, 0.2) is 191 Å². The number of aryl methyl sites for hydroxylation is 2. The van der Waals surface area contributed by atoms with Gasteiger partial charge in [-0.1, -0.05) is 33.5 Å². The number of thiazole rings is 2. The van der Waals surface area contributed by atoms with Gasteiger partial charge in [-0.15, -0.1) is 27.8 Å². The Kier molecular flexibility index (Phi) is 25.1. The van der Waals surface area contributed by atoms with Gasteiger partial charge >= 0.3 is 12.4 Å². The fourth-order valence-corrected chi connectivity index (χ4v) is 28.2. The maximum Gasteiger partial charge on any atom is 0.427 e. The smallest absolute Gasteiger partial charge is 0.390 e. The molecule has 4 fully saturated rings. The van der Waals surface area contributed by atoms with Crippen LogP contribution < -0.4 is 0 Å². The van der Waals surface area contributed by atoms with Crippen LogP contribution in [0.4, 0.5) is 43.9 Å². The number of halogens is 11. The Balaban J connectivity index is 0.000000140. The number of rotatable bonds is 21. The van der Waals surface area contributed by atoms with Gasteiger partial charge in [0.2, 0.25) is 11.6 Å². The number of allylic oxidation sites excluding steroid dienone is 3. The molecule has 3 unspecified atom stereocenters. The number of Topliss-reactive ketones (excluding diaryl/α,β-unsaturated/α-hetero) is 3. The van der Waals surface area contributed by atoms with Crippen LogP contribution in [-0.2, 0) is 74.8 Å². The number of alkyl halides is 6. The lowest BCUT2D eigenvalue weighted by molar-refractivity contribution is -0.135. The molecule has 3 aromatic carbocycles. The molecule has 7 aliphatic rings. The number of fused-ring (bicyclic) bond motifs is 6. The molecule has 25 nitrogen and oxygen atoms in total. The molecule has 0 spiro atoms. The summed E-state index contributed by atoms with van der Waals surface area (Å²) in [6, 6.07) is 22.9. The van der Waals surface area contributed by atoms with E-state index in [-0.39, 0.29) is 100 Å². The summed E-state index contributed by atoms with van der Waals surface area (Å²) in [6.07, 6.45) is 13.7. The monoisotopic (exact) mass is 1960 g/mol. The second-order valence-electron chi connectivity index (χ2n) is 35.8. The van der Waals surface area contributed by atoms with Crippen LogP contribution in [0.2, 0.25) is 5.15 Å². The highest BCUT2D eigenvalue weighted by Gasteiger charge is 2.58. The SMILES string of the molecule is C=S(=O)(c1ccc(Cl)nc1)N(C(C)C)[C@H]1CCC2=Cc3c(cnn3-c3ccc(F)cc3)C[C@]2(C(=O)c2ncc(C(F)(F)F)s2)C1.C=S(=O)(c1ccn(C)n1)N(C1CC(C)(O)C1)[C@H]1CCC2=Cc3c(cnn3-c3ccc(F)cc3)C[C@]2(C(=O)c2cc(F)ccn2)C1.C=S(=O)(c1cn(C)nn1)N(C(C)C)[C@H]1CCC2=Cc3c(cnn3-c3ccc(F)cc3)C[C@]2(C(=O)c2ncc(C(F)(F)F)s2)C1. The number of carbonyl (C=O) groups excluding carboxylic acids is 3. The number of pyridine rings is 2. The number of aliphatic hydroxyl groups is 1. The Bertz CT molecular complexity index is 7030. The molecule has 7 aliphatic carbocycles. The topological polar surface area (TPSA) is 286 Å². The second-order valence-corrected chi connectivity index (χ2v) is 44.7. The van der Waals surface area contributed by atoms with Crippen molar-refractivity contribution < 1.29 is 76.0 Å². The number of nitrogens with zero attached hydrogens (tertiary/aromatic N) is 18. The first kappa shape index (κ1) is 94.7. The lowest BCUT2D eigenvalue weighted by atomic mass is 9.60. The summed E-state index contributed by atoms with van der Waals surface area (Å²) < 4.78 is 193. The van der Waals surface area contributed by atoms with Crippen molar-refractivity contribution in [2.45, 2.75) is 194 Å². The Morgan fingerprint density at radius 3 is 1.31 bits per heavy atom. The highest BCUT2D eigenvalue weighted by molar-refractivity contribution is 7.98. The van der Waals surface area contributed by atoms with E-state index in [0.717, 1.165) is 34.0 Å². The summed E-state index contributed by atoms with van der Waals surface area (Å²) in [5, 5.41) is 37.1. The van der Waals surface area contributed by atoms with Crippen LogP contribution >= 0.6 is 34.3 Å². The molecule has 0 aliphatic heterocycles. The Labute approximate surface area is 778 Å². The largest absolute Gasteiger partial charge is 0.427 e. The van der Waals surface area contributed by atoms with Gasteiger partial charge in [0, 0.05) is 75.0 Å². The summed E-state index contributed by atoms with van der Waals surface area (Å²) in [5.74, 6) is 9.30. The zero-order valence-electron chi connectivity index (χ0n) is 73.4. The summed E-state index contributed by atoms with van der Waals surface area (Å²) in [5.41, 5.74) is 4.19. The minimum absolute atomic E-state index is 0.0223. The van der Waals surface area contributed by atoms with Crippen molar-refractivity contribution in [2.24, 2.45) is 30.3 Å². The summed E-state index contributed by atoms with van der Waals surface area (Å²) in [4.78, 5) is 58.1. The molecular formula is C93H91ClF10N18O7S5. The van der Waals surface area contributed by atoms with Gasteiger partial charge in [-0.3, -0.25) is 28.7 Å². The molecule has 0 bridgehead atoms. The molecule has 702 valence electrons. The molecule has 0 radical (unpaired) electrons. The molecule has 1 N–H and O–H groups in total. The first-order valence-corrected chi connectivity index (χ1v) is 49.9. The predicted octanol–water partition coefficient (Wildman–Crippen LogP) is 17.2. The van der Waals surface area contributed by atoms with Crippen LogP contribution in [0.5, 0.6) is 0 Å². The van der Waals surface area contributed by atoms with E-state index in [2.05, 4.69) is 68.3 Å². The lowest BCUT2D eigenvalue weighted by Crippen LogP contribution is -2.60. The Hall–Kier alpha value is -11.1. The van der Waals surface area contributed by atoms with Gasteiger partial charge in [0.1, 0.15) is 43.9 Å². The van der Waals surface area contributed by atoms with Crippen LogP contribution in [-0.4, -0.2) is 182 Å². The summed E-state index contributed by atoms with van der Waals surface area (Å²) in [7, 11) is -5.96. The Morgan fingerprint density at radius 1 is 0.507 bits per heavy atom. The number of ketones is 3. The first-order valence-electron chi connectivity index (χ1n) is 42.9. The van der Waals surface area contributed by atoms with E-state index in [1.54, 1.807) is 128 Å². The fraction of sp³-hybridized carbons (Fsp3) is 0.355. The molecular weight excluding hydrogens is 1870 g/mol.